The lowest BCUT2D eigenvalue weighted by Crippen LogP contribution is -1.91. The topological polar surface area (TPSA) is 26.0 Å². The van der Waals surface area contributed by atoms with Crippen LogP contribution < -0.4 is 5.73 Å². The van der Waals surface area contributed by atoms with Gasteiger partial charge in [0.05, 0.1) is 0 Å². The first-order chi connectivity index (χ1) is 5.09. The Bertz CT molecular complexity index is 245. The first-order valence-electron chi connectivity index (χ1n) is 2.93. The molecule has 68 valence electrons. The third-order valence-electron chi connectivity index (χ3n) is 1.19. The third-order valence-corrected chi connectivity index (χ3v) is 1.19. The Kier molecular flexibility index (Phi) is 3.89. The van der Waals surface area contributed by atoms with Crippen LogP contribution in [0.4, 0.5) is 18.9 Å². The lowest BCUT2D eigenvalue weighted by Gasteiger charge is -2.00. The van der Waals surface area contributed by atoms with Crippen molar-refractivity contribution < 1.29 is 13.2 Å². The Morgan fingerprint density at radius 1 is 1.17 bits per heavy atom. The van der Waals surface area contributed by atoms with Gasteiger partial charge < -0.3 is 5.73 Å². The number of hydrogen-bond acceptors (Lipinski definition) is 1. The van der Waals surface area contributed by atoms with E-state index in [9.17, 15) is 13.2 Å². The van der Waals surface area contributed by atoms with Gasteiger partial charge in [0.25, 0.3) is 6.43 Å². The van der Waals surface area contributed by atoms with E-state index in [1.807, 2.05) is 0 Å². The highest BCUT2D eigenvalue weighted by atomic mass is 35.5. The molecule has 1 nitrogen and oxygen atoms in total. The monoisotopic (exact) mass is 197 g/mol. The second-order valence-electron chi connectivity index (χ2n) is 2.12. The summed E-state index contributed by atoms with van der Waals surface area (Å²) in [6, 6.07) is 2.81. The molecular weight excluding hydrogens is 191 g/mol. The molecule has 0 aliphatic heterocycles. The standard InChI is InChI=1S/C7H6F3N.ClH/c8-5-1-4(7(9)10)2-6(11)3-5;/h1-3,7H,11H2;1H. The van der Waals surface area contributed by atoms with Gasteiger partial charge in [0.2, 0.25) is 0 Å². The summed E-state index contributed by atoms with van der Waals surface area (Å²) in [5, 5.41) is 0. The van der Waals surface area contributed by atoms with Crippen LogP contribution in [0.2, 0.25) is 0 Å². The van der Waals surface area contributed by atoms with Crippen LogP contribution in [0, 0.1) is 5.82 Å². The maximum absolute atomic E-state index is 12.4. The van der Waals surface area contributed by atoms with Gasteiger partial charge in [0.15, 0.2) is 0 Å². The average molecular weight is 198 g/mol. The van der Waals surface area contributed by atoms with E-state index in [0.29, 0.717) is 0 Å². The molecule has 1 aromatic rings. The molecule has 0 aliphatic carbocycles. The quantitative estimate of drug-likeness (QED) is 0.689. The van der Waals surface area contributed by atoms with E-state index in [-0.39, 0.29) is 23.7 Å². The zero-order valence-electron chi connectivity index (χ0n) is 5.93. The fraction of sp³-hybridized carbons (Fsp3) is 0.143. The Morgan fingerprint density at radius 2 is 1.75 bits per heavy atom. The van der Waals surface area contributed by atoms with Crippen LogP contribution in [-0.2, 0) is 0 Å². The molecule has 0 saturated heterocycles. The number of hydrogen-bond donors (Lipinski definition) is 1. The van der Waals surface area contributed by atoms with Gasteiger partial charge in [0, 0.05) is 11.3 Å². The highest BCUT2D eigenvalue weighted by molar-refractivity contribution is 5.85. The number of nitrogens with two attached hydrogens (primary N) is 1. The molecule has 12 heavy (non-hydrogen) atoms. The molecule has 0 bridgehead atoms. The van der Waals surface area contributed by atoms with Crippen molar-refractivity contribution >= 4 is 18.1 Å². The Hall–Kier alpha value is -0.900. The van der Waals surface area contributed by atoms with Crippen LogP contribution in [0.15, 0.2) is 18.2 Å². The predicted molar refractivity (Wildman–Crippen MR) is 43.0 cm³/mol. The van der Waals surface area contributed by atoms with Gasteiger partial charge in [-0.1, -0.05) is 0 Å². The lowest BCUT2D eigenvalue weighted by atomic mass is 10.2. The van der Waals surface area contributed by atoms with E-state index in [0.717, 1.165) is 18.2 Å². The van der Waals surface area contributed by atoms with Crippen LogP contribution in [0.3, 0.4) is 0 Å². The second-order valence-corrected chi connectivity index (χ2v) is 2.12. The Morgan fingerprint density at radius 3 is 2.17 bits per heavy atom. The SMILES string of the molecule is Cl.Nc1cc(F)cc(C(F)F)c1. The third kappa shape index (κ3) is 2.62. The number of halogens is 4. The van der Waals surface area contributed by atoms with Gasteiger partial charge >= 0.3 is 0 Å². The van der Waals surface area contributed by atoms with E-state index < -0.39 is 12.2 Å². The Balaban J connectivity index is 0.00000121. The molecule has 0 unspecified atom stereocenters. The van der Waals surface area contributed by atoms with Gasteiger partial charge in [-0.15, -0.1) is 12.4 Å². The van der Waals surface area contributed by atoms with E-state index in [2.05, 4.69) is 0 Å². The molecule has 0 aromatic heterocycles. The first-order valence-corrected chi connectivity index (χ1v) is 2.93. The molecule has 0 radical (unpaired) electrons. The summed E-state index contributed by atoms with van der Waals surface area (Å²) in [6.07, 6.45) is -2.67. The van der Waals surface area contributed by atoms with E-state index in [4.69, 9.17) is 5.73 Å². The van der Waals surface area contributed by atoms with Gasteiger partial charge in [-0.05, 0) is 18.2 Å². The van der Waals surface area contributed by atoms with Crippen LogP contribution in [0.5, 0.6) is 0 Å². The Labute approximate surface area is 73.8 Å². The van der Waals surface area contributed by atoms with Gasteiger partial charge in [0.1, 0.15) is 5.82 Å². The summed E-state index contributed by atoms with van der Waals surface area (Å²) in [5.41, 5.74) is 4.75. The molecule has 1 aromatic carbocycles. The molecule has 0 heterocycles. The second kappa shape index (κ2) is 4.21. The minimum atomic E-state index is -2.67. The zero-order chi connectivity index (χ0) is 8.43. The van der Waals surface area contributed by atoms with Crippen molar-refractivity contribution in [2.45, 2.75) is 6.43 Å². The van der Waals surface area contributed by atoms with Crippen LogP contribution in [-0.4, -0.2) is 0 Å². The minimum absolute atomic E-state index is 0. The predicted octanol–water partition coefficient (Wildman–Crippen LogP) is 2.77. The summed E-state index contributed by atoms with van der Waals surface area (Å²) in [5.74, 6) is -0.736. The molecule has 0 atom stereocenters. The fourth-order valence-corrected chi connectivity index (χ4v) is 0.762. The number of anilines is 1. The van der Waals surface area contributed by atoms with Crippen molar-refractivity contribution in [3.8, 4) is 0 Å². The molecule has 0 aliphatic rings. The van der Waals surface area contributed by atoms with Gasteiger partial charge in [-0.2, -0.15) is 0 Å². The number of alkyl halides is 2. The minimum Gasteiger partial charge on any atom is -0.399 e. The van der Waals surface area contributed by atoms with Crippen molar-refractivity contribution in [2.24, 2.45) is 0 Å². The van der Waals surface area contributed by atoms with Crippen molar-refractivity contribution in [1.29, 1.82) is 0 Å². The number of rotatable bonds is 1. The van der Waals surface area contributed by atoms with E-state index >= 15 is 0 Å². The maximum atomic E-state index is 12.4. The first kappa shape index (κ1) is 11.1. The maximum Gasteiger partial charge on any atom is 0.264 e. The van der Waals surface area contributed by atoms with Crippen LogP contribution in [0.1, 0.15) is 12.0 Å². The molecule has 0 fully saturated rings. The summed E-state index contributed by atoms with van der Waals surface area (Å²) >= 11 is 0. The normalized spacial score (nSPS) is 9.67. The molecule has 5 heteroatoms. The summed E-state index contributed by atoms with van der Waals surface area (Å²) in [7, 11) is 0. The average Bonchev–Trinajstić information content (AvgIpc) is 1.85. The van der Waals surface area contributed by atoms with E-state index in [1.54, 1.807) is 0 Å². The molecular formula is C7H7ClF3N. The number of nitrogen functional groups attached to an aromatic ring is 1. The van der Waals surface area contributed by atoms with Gasteiger partial charge in [-0.3, -0.25) is 0 Å². The van der Waals surface area contributed by atoms with Gasteiger partial charge in [-0.25, -0.2) is 13.2 Å². The smallest absolute Gasteiger partial charge is 0.264 e. The largest absolute Gasteiger partial charge is 0.399 e. The molecule has 0 amide bonds. The molecule has 0 spiro atoms. The molecule has 2 N–H and O–H groups in total. The summed E-state index contributed by atoms with van der Waals surface area (Å²) in [6.45, 7) is 0. The van der Waals surface area contributed by atoms with Crippen molar-refractivity contribution in [2.75, 3.05) is 5.73 Å². The van der Waals surface area contributed by atoms with E-state index in [1.165, 1.54) is 0 Å². The van der Waals surface area contributed by atoms with Crippen molar-refractivity contribution in [3.05, 3.63) is 29.6 Å². The highest BCUT2D eigenvalue weighted by Gasteiger charge is 2.08. The lowest BCUT2D eigenvalue weighted by molar-refractivity contribution is 0.151. The molecule has 0 saturated carbocycles. The zero-order valence-corrected chi connectivity index (χ0v) is 6.75. The fourth-order valence-electron chi connectivity index (χ4n) is 0.762. The number of benzene rings is 1. The van der Waals surface area contributed by atoms with Crippen molar-refractivity contribution in [3.63, 3.8) is 0 Å². The van der Waals surface area contributed by atoms with Crippen molar-refractivity contribution in [1.82, 2.24) is 0 Å². The highest BCUT2D eigenvalue weighted by Crippen LogP contribution is 2.21. The van der Waals surface area contributed by atoms with Crippen LogP contribution in [0.25, 0.3) is 0 Å². The summed E-state index contributed by atoms with van der Waals surface area (Å²) < 4.78 is 36.2. The summed E-state index contributed by atoms with van der Waals surface area (Å²) in [4.78, 5) is 0. The molecule has 1 rings (SSSR count). The van der Waals surface area contributed by atoms with Crippen LogP contribution >= 0.6 is 12.4 Å².